The number of carbonyl (C=O) groups excluding carboxylic acids is 1. The third kappa shape index (κ3) is 3.62. The molecule has 20 heavy (non-hydrogen) atoms. The van der Waals surface area contributed by atoms with Gasteiger partial charge in [-0.1, -0.05) is 0 Å². The Labute approximate surface area is 119 Å². The molecule has 0 aromatic carbocycles. The lowest BCUT2D eigenvalue weighted by molar-refractivity contribution is -0.144. The van der Waals surface area contributed by atoms with E-state index in [4.69, 9.17) is 4.74 Å². The monoisotopic (exact) mass is 284 g/mol. The Morgan fingerprint density at radius 3 is 2.30 bits per heavy atom. The molecule has 0 unspecified atom stereocenters. The quantitative estimate of drug-likeness (QED) is 0.830. The number of carboxylic acid groups (broad SMARTS) is 1. The van der Waals surface area contributed by atoms with Gasteiger partial charge in [0.1, 0.15) is 5.60 Å². The fourth-order valence-corrected chi connectivity index (χ4v) is 2.70. The van der Waals surface area contributed by atoms with Crippen LogP contribution in [0.4, 0.5) is 4.79 Å². The Bertz CT molecular complexity index is 387. The molecule has 1 amide bonds. The van der Waals surface area contributed by atoms with Crippen LogP contribution in [0.2, 0.25) is 0 Å². The maximum Gasteiger partial charge on any atom is 0.410 e. The average Bonchev–Trinajstić information content (AvgIpc) is 2.23. The third-order valence-corrected chi connectivity index (χ3v) is 3.84. The SMILES string of the molecule is CC(C)(C)OC(=O)N1C[C@@H](C(=O)O)C[C@@H](N2CCC2)C1. The molecule has 2 saturated heterocycles. The second kappa shape index (κ2) is 5.60. The lowest BCUT2D eigenvalue weighted by Crippen LogP contribution is -2.57. The van der Waals surface area contributed by atoms with Gasteiger partial charge in [0.05, 0.1) is 5.92 Å². The number of carbonyl (C=O) groups is 2. The molecular weight excluding hydrogens is 260 g/mol. The van der Waals surface area contributed by atoms with E-state index in [1.54, 1.807) is 4.90 Å². The predicted octanol–water partition coefficient (Wildman–Crippen LogP) is 1.40. The van der Waals surface area contributed by atoms with Gasteiger partial charge in [-0.15, -0.1) is 0 Å². The highest BCUT2D eigenvalue weighted by Crippen LogP contribution is 2.26. The van der Waals surface area contributed by atoms with Gasteiger partial charge < -0.3 is 14.7 Å². The Kier molecular flexibility index (Phi) is 4.22. The van der Waals surface area contributed by atoms with Crippen molar-refractivity contribution in [1.82, 2.24) is 9.80 Å². The van der Waals surface area contributed by atoms with Gasteiger partial charge in [0, 0.05) is 19.1 Å². The first kappa shape index (κ1) is 15.1. The van der Waals surface area contributed by atoms with E-state index in [1.165, 1.54) is 0 Å². The largest absolute Gasteiger partial charge is 0.481 e. The maximum absolute atomic E-state index is 12.1. The molecule has 6 heteroatoms. The van der Waals surface area contributed by atoms with E-state index >= 15 is 0 Å². The van der Waals surface area contributed by atoms with E-state index in [9.17, 15) is 14.7 Å². The van der Waals surface area contributed by atoms with Gasteiger partial charge in [-0.2, -0.15) is 0 Å². The summed E-state index contributed by atoms with van der Waals surface area (Å²) in [5.74, 6) is -1.33. The first-order valence-electron chi connectivity index (χ1n) is 7.21. The van der Waals surface area contributed by atoms with Crippen molar-refractivity contribution < 1.29 is 19.4 Å². The topological polar surface area (TPSA) is 70.1 Å². The molecule has 0 bridgehead atoms. The van der Waals surface area contributed by atoms with Gasteiger partial charge in [0.25, 0.3) is 0 Å². The van der Waals surface area contributed by atoms with E-state index in [0.717, 1.165) is 19.5 Å². The summed E-state index contributed by atoms with van der Waals surface area (Å²) in [5.41, 5.74) is -0.556. The van der Waals surface area contributed by atoms with Crippen LogP contribution in [0, 0.1) is 5.92 Å². The van der Waals surface area contributed by atoms with E-state index in [2.05, 4.69) is 4.90 Å². The van der Waals surface area contributed by atoms with Crippen LogP contribution < -0.4 is 0 Å². The summed E-state index contributed by atoms with van der Waals surface area (Å²) in [6, 6.07) is 0.145. The highest BCUT2D eigenvalue weighted by molar-refractivity contribution is 5.73. The molecule has 2 aliphatic rings. The molecule has 2 fully saturated rings. The fourth-order valence-electron chi connectivity index (χ4n) is 2.70. The zero-order valence-electron chi connectivity index (χ0n) is 12.5. The molecule has 0 aromatic rings. The van der Waals surface area contributed by atoms with E-state index in [0.29, 0.717) is 13.0 Å². The number of likely N-dealkylation sites (tertiary alicyclic amines) is 2. The summed E-state index contributed by atoms with van der Waals surface area (Å²) in [5, 5.41) is 9.26. The summed E-state index contributed by atoms with van der Waals surface area (Å²) >= 11 is 0. The molecule has 1 N–H and O–H groups in total. The lowest BCUT2D eigenvalue weighted by Gasteiger charge is -2.45. The van der Waals surface area contributed by atoms with Gasteiger partial charge in [0.15, 0.2) is 0 Å². The van der Waals surface area contributed by atoms with Gasteiger partial charge in [0.2, 0.25) is 0 Å². The molecule has 0 spiro atoms. The van der Waals surface area contributed by atoms with Crippen LogP contribution in [0.25, 0.3) is 0 Å². The van der Waals surface area contributed by atoms with Crippen LogP contribution in [0.1, 0.15) is 33.6 Å². The highest BCUT2D eigenvalue weighted by Gasteiger charge is 2.39. The minimum absolute atomic E-state index is 0.145. The number of amides is 1. The molecule has 2 atom stereocenters. The van der Waals surface area contributed by atoms with E-state index in [1.807, 2.05) is 20.8 Å². The number of carboxylic acids is 1. The summed E-state index contributed by atoms with van der Waals surface area (Å²) in [4.78, 5) is 27.2. The summed E-state index contributed by atoms with van der Waals surface area (Å²) < 4.78 is 5.36. The van der Waals surface area contributed by atoms with Crippen LogP contribution >= 0.6 is 0 Å². The minimum atomic E-state index is -0.830. The Balaban J connectivity index is 2.03. The number of piperidine rings is 1. The Hall–Kier alpha value is -1.30. The van der Waals surface area contributed by atoms with Gasteiger partial charge in [-0.25, -0.2) is 4.79 Å². The average molecular weight is 284 g/mol. The highest BCUT2D eigenvalue weighted by atomic mass is 16.6. The second-order valence-electron chi connectivity index (χ2n) is 6.70. The van der Waals surface area contributed by atoms with Crippen molar-refractivity contribution in [3.63, 3.8) is 0 Å². The first-order chi connectivity index (χ1) is 9.26. The van der Waals surface area contributed by atoms with Crippen molar-refractivity contribution in [3.05, 3.63) is 0 Å². The predicted molar refractivity (Wildman–Crippen MR) is 73.5 cm³/mol. The molecule has 6 nitrogen and oxygen atoms in total. The van der Waals surface area contributed by atoms with Crippen molar-refractivity contribution in [3.8, 4) is 0 Å². The van der Waals surface area contributed by atoms with Crippen LogP contribution in [0.3, 0.4) is 0 Å². The van der Waals surface area contributed by atoms with Gasteiger partial charge in [-0.3, -0.25) is 9.69 Å². The summed E-state index contributed by atoms with van der Waals surface area (Å²) in [6.07, 6.45) is 1.36. The molecule has 0 saturated carbocycles. The maximum atomic E-state index is 12.1. The molecule has 0 aliphatic carbocycles. The number of hydrogen-bond donors (Lipinski definition) is 1. The van der Waals surface area contributed by atoms with Crippen molar-refractivity contribution >= 4 is 12.1 Å². The van der Waals surface area contributed by atoms with E-state index in [-0.39, 0.29) is 12.6 Å². The zero-order chi connectivity index (χ0) is 14.9. The molecule has 0 radical (unpaired) electrons. The molecule has 114 valence electrons. The van der Waals surface area contributed by atoms with Crippen molar-refractivity contribution in [2.24, 2.45) is 5.92 Å². The van der Waals surface area contributed by atoms with Crippen LogP contribution in [-0.4, -0.2) is 64.8 Å². The first-order valence-corrected chi connectivity index (χ1v) is 7.21. The van der Waals surface area contributed by atoms with Crippen molar-refractivity contribution in [2.45, 2.75) is 45.3 Å². The fraction of sp³-hybridized carbons (Fsp3) is 0.857. The summed E-state index contributed by atoms with van der Waals surface area (Å²) in [6.45, 7) is 8.26. The third-order valence-electron chi connectivity index (χ3n) is 3.84. The second-order valence-corrected chi connectivity index (χ2v) is 6.70. The van der Waals surface area contributed by atoms with Crippen molar-refractivity contribution in [1.29, 1.82) is 0 Å². The molecular formula is C14H24N2O4. The van der Waals surface area contributed by atoms with Crippen LogP contribution in [0.15, 0.2) is 0 Å². The molecule has 2 heterocycles. The molecule has 0 aromatic heterocycles. The van der Waals surface area contributed by atoms with Gasteiger partial charge in [-0.05, 0) is 46.7 Å². The lowest BCUT2D eigenvalue weighted by atomic mass is 9.92. The number of nitrogens with zero attached hydrogens (tertiary/aromatic N) is 2. The minimum Gasteiger partial charge on any atom is -0.481 e. The number of rotatable bonds is 2. The Morgan fingerprint density at radius 1 is 1.20 bits per heavy atom. The molecule has 2 rings (SSSR count). The van der Waals surface area contributed by atoms with E-state index < -0.39 is 23.6 Å². The van der Waals surface area contributed by atoms with Crippen LogP contribution in [0.5, 0.6) is 0 Å². The smallest absolute Gasteiger partial charge is 0.410 e. The van der Waals surface area contributed by atoms with Crippen LogP contribution in [-0.2, 0) is 9.53 Å². The molecule has 2 aliphatic heterocycles. The number of ether oxygens (including phenoxy) is 1. The standard InChI is InChI=1S/C14H24N2O4/c1-14(2,3)20-13(19)16-8-10(12(17)18)7-11(9-16)15-5-4-6-15/h10-11H,4-9H2,1-3H3,(H,17,18)/t10-,11+/m0/s1. The Morgan fingerprint density at radius 2 is 1.85 bits per heavy atom. The zero-order valence-corrected chi connectivity index (χ0v) is 12.5. The van der Waals surface area contributed by atoms with Gasteiger partial charge >= 0.3 is 12.1 Å². The number of aliphatic carboxylic acids is 1. The normalized spacial score (nSPS) is 27.9. The van der Waals surface area contributed by atoms with Crippen molar-refractivity contribution in [2.75, 3.05) is 26.2 Å². The summed E-state index contributed by atoms with van der Waals surface area (Å²) in [7, 11) is 0. The number of hydrogen-bond acceptors (Lipinski definition) is 4.